The van der Waals surface area contributed by atoms with Crippen molar-refractivity contribution in [3.8, 4) is 0 Å². The second-order valence-electron chi connectivity index (χ2n) is 8.41. The molecule has 2 aromatic rings. The van der Waals surface area contributed by atoms with Gasteiger partial charge in [0, 0.05) is 25.1 Å². The number of hydrogen-bond donors (Lipinski definition) is 1. The number of rotatable bonds is 3. The second-order valence-corrected chi connectivity index (χ2v) is 8.41. The van der Waals surface area contributed by atoms with Crippen LogP contribution in [0.4, 0.5) is 11.4 Å². The van der Waals surface area contributed by atoms with Crippen molar-refractivity contribution in [3.63, 3.8) is 0 Å². The summed E-state index contributed by atoms with van der Waals surface area (Å²) < 4.78 is 0. The Balaban J connectivity index is 1.59. The highest BCUT2D eigenvalue weighted by Crippen LogP contribution is 2.51. The number of piperidine rings is 1. The van der Waals surface area contributed by atoms with E-state index < -0.39 is 0 Å². The summed E-state index contributed by atoms with van der Waals surface area (Å²) in [5.74, 6) is 0.403. The fraction of sp³-hybridized carbons (Fsp3) is 0.375. The molecule has 0 spiro atoms. The quantitative estimate of drug-likeness (QED) is 0.442. The number of nitrogens with zero attached hydrogens (tertiary/aromatic N) is 2. The summed E-state index contributed by atoms with van der Waals surface area (Å²) in [6.07, 6.45) is 8.47. The topological polar surface area (TPSA) is 75.5 Å². The molecule has 6 nitrogen and oxygen atoms in total. The van der Waals surface area contributed by atoms with Crippen molar-refractivity contribution < 1.29 is 9.72 Å². The first kappa shape index (κ1) is 18.9. The molecule has 1 saturated heterocycles. The van der Waals surface area contributed by atoms with Crippen LogP contribution in [0.1, 0.15) is 59.1 Å². The van der Waals surface area contributed by atoms with E-state index in [4.69, 9.17) is 0 Å². The summed E-state index contributed by atoms with van der Waals surface area (Å²) >= 11 is 0. The molecule has 0 aromatic heterocycles. The predicted molar refractivity (Wildman–Crippen MR) is 116 cm³/mol. The van der Waals surface area contributed by atoms with Gasteiger partial charge in [-0.25, -0.2) is 0 Å². The molecule has 154 valence electrons. The molecule has 30 heavy (non-hydrogen) atoms. The maximum absolute atomic E-state index is 13.3. The van der Waals surface area contributed by atoms with Gasteiger partial charge in [0.15, 0.2) is 0 Å². The number of amides is 1. The summed E-state index contributed by atoms with van der Waals surface area (Å²) in [5.41, 5.74) is 3.45. The number of nitro groups is 1. The molecule has 1 amide bonds. The van der Waals surface area contributed by atoms with Crippen molar-refractivity contribution >= 4 is 17.3 Å². The molecule has 1 aliphatic carbocycles. The van der Waals surface area contributed by atoms with Crippen LogP contribution >= 0.6 is 0 Å². The molecule has 0 bridgehead atoms. The Morgan fingerprint density at radius 2 is 1.80 bits per heavy atom. The van der Waals surface area contributed by atoms with Crippen molar-refractivity contribution in [1.29, 1.82) is 0 Å². The first-order chi connectivity index (χ1) is 14.6. The van der Waals surface area contributed by atoms with Crippen molar-refractivity contribution in [2.75, 3.05) is 18.4 Å². The SMILES string of the molecule is O=C(c1cccc2c1NC(c1ccccc1[N+](=O)[O-])C1CC=CC21)N1CCCCC1. The number of hydrogen-bond acceptors (Lipinski definition) is 4. The van der Waals surface area contributed by atoms with Gasteiger partial charge in [-0.15, -0.1) is 0 Å². The Bertz CT molecular complexity index is 1030. The molecule has 5 rings (SSSR count). The zero-order valence-corrected chi connectivity index (χ0v) is 16.8. The van der Waals surface area contributed by atoms with Gasteiger partial charge in [-0.2, -0.15) is 0 Å². The number of allylic oxidation sites excluding steroid dienone is 2. The van der Waals surface area contributed by atoms with E-state index in [9.17, 15) is 14.9 Å². The monoisotopic (exact) mass is 403 g/mol. The molecule has 3 unspecified atom stereocenters. The smallest absolute Gasteiger partial charge is 0.274 e. The number of likely N-dealkylation sites (tertiary alicyclic amines) is 1. The third-order valence-electron chi connectivity index (χ3n) is 6.74. The summed E-state index contributed by atoms with van der Waals surface area (Å²) in [5, 5.41) is 15.3. The third-order valence-corrected chi connectivity index (χ3v) is 6.74. The van der Waals surface area contributed by atoms with Crippen LogP contribution < -0.4 is 5.32 Å². The van der Waals surface area contributed by atoms with Crippen LogP contribution in [0.2, 0.25) is 0 Å². The van der Waals surface area contributed by atoms with Gasteiger partial charge in [0.1, 0.15) is 0 Å². The molecule has 0 saturated carbocycles. The molecule has 2 aromatic carbocycles. The zero-order valence-electron chi connectivity index (χ0n) is 16.8. The molecule has 2 heterocycles. The van der Waals surface area contributed by atoms with E-state index in [2.05, 4.69) is 23.5 Å². The van der Waals surface area contributed by atoms with Crippen LogP contribution in [0.25, 0.3) is 0 Å². The molecule has 1 N–H and O–H groups in total. The number of fused-ring (bicyclic) bond motifs is 3. The number of nitro benzene ring substituents is 1. The third kappa shape index (κ3) is 3.07. The van der Waals surface area contributed by atoms with Crippen molar-refractivity contribution in [2.24, 2.45) is 5.92 Å². The van der Waals surface area contributed by atoms with Gasteiger partial charge < -0.3 is 10.2 Å². The standard InChI is InChI=1S/C24H25N3O3/c28-24(26-14-4-1-5-15-26)20-12-7-11-18-16-9-6-10-17(16)22(25-23(18)20)19-8-2-3-13-21(19)27(29)30/h2-3,6-9,11-13,16-17,22,25H,1,4-5,10,14-15H2. The Labute approximate surface area is 175 Å². The van der Waals surface area contributed by atoms with E-state index in [1.165, 1.54) is 6.42 Å². The largest absolute Gasteiger partial charge is 0.377 e. The van der Waals surface area contributed by atoms with Crippen LogP contribution in [0.15, 0.2) is 54.6 Å². The van der Waals surface area contributed by atoms with Crippen LogP contribution in [0, 0.1) is 16.0 Å². The Morgan fingerprint density at radius 1 is 1.03 bits per heavy atom. The van der Waals surface area contributed by atoms with E-state index in [-0.39, 0.29) is 34.4 Å². The lowest BCUT2D eigenvalue weighted by Crippen LogP contribution is -2.37. The molecule has 0 radical (unpaired) electrons. The summed E-state index contributed by atoms with van der Waals surface area (Å²) in [6, 6.07) is 12.7. The molecular weight excluding hydrogens is 378 g/mol. The fourth-order valence-corrected chi connectivity index (χ4v) is 5.29. The van der Waals surface area contributed by atoms with E-state index in [1.807, 2.05) is 29.2 Å². The van der Waals surface area contributed by atoms with E-state index >= 15 is 0 Å². The summed E-state index contributed by atoms with van der Waals surface area (Å²) in [7, 11) is 0. The average molecular weight is 403 g/mol. The highest BCUT2D eigenvalue weighted by Gasteiger charge is 2.41. The van der Waals surface area contributed by atoms with Crippen LogP contribution in [0.3, 0.4) is 0 Å². The van der Waals surface area contributed by atoms with Crippen LogP contribution in [0.5, 0.6) is 0 Å². The van der Waals surface area contributed by atoms with Crippen molar-refractivity contribution in [3.05, 3.63) is 81.4 Å². The molecule has 6 heteroatoms. The number of carbonyl (C=O) groups is 1. The first-order valence-electron chi connectivity index (χ1n) is 10.7. The lowest BCUT2D eigenvalue weighted by molar-refractivity contribution is -0.385. The van der Waals surface area contributed by atoms with E-state index in [0.717, 1.165) is 43.6 Å². The predicted octanol–water partition coefficient (Wildman–Crippen LogP) is 5.05. The fourth-order valence-electron chi connectivity index (χ4n) is 5.29. The molecular formula is C24H25N3O3. The second kappa shape index (κ2) is 7.59. The first-order valence-corrected chi connectivity index (χ1v) is 10.7. The van der Waals surface area contributed by atoms with Gasteiger partial charge in [0.05, 0.1) is 27.8 Å². The minimum absolute atomic E-state index is 0.0563. The number of carbonyl (C=O) groups excluding carboxylic acids is 1. The van der Waals surface area contributed by atoms with Gasteiger partial charge in [-0.05, 0) is 43.2 Å². The van der Waals surface area contributed by atoms with Crippen molar-refractivity contribution in [1.82, 2.24) is 4.90 Å². The van der Waals surface area contributed by atoms with E-state index in [1.54, 1.807) is 12.1 Å². The van der Waals surface area contributed by atoms with E-state index in [0.29, 0.717) is 11.1 Å². The average Bonchev–Trinajstić information content (AvgIpc) is 3.28. The van der Waals surface area contributed by atoms with Gasteiger partial charge >= 0.3 is 0 Å². The molecule has 3 aliphatic rings. The lowest BCUT2D eigenvalue weighted by Gasteiger charge is -2.38. The summed E-state index contributed by atoms with van der Waals surface area (Å²) in [6.45, 7) is 1.59. The minimum Gasteiger partial charge on any atom is -0.377 e. The Morgan fingerprint density at radius 3 is 2.60 bits per heavy atom. The van der Waals surface area contributed by atoms with Crippen LogP contribution in [-0.2, 0) is 0 Å². The lowest BCUT2D eigenvalue weighted by atomic mass is 9.76. The highest BCUT2D eigenvalue weighted by atomic mass is 16.6. The highest BCUT2D eigenvalue weighted by molar-refractivity contribution is 6.01. The van der Waals surface area contributed by atoms with Crippen LogP contribution in [-0.4, -0.2) is 28.8 Å². The Hall–Kier alpha value is -3.15. The van der Waals surface area contributed by atoms with Gasteiger partial charge in [-0.3, -0.25) is 14.9 Å². The van der Waals surface area contributed by atoms with Crippen molar-refractivity contribution in [2.45, 2.75) is 37.6 Å². The number of anilines is 1. The Kier molecular flexibility index (Phi) is 4.77. The number of para-hydroxylation sites is 2. The normalized spacial score (nSPS) is 24.7. The number of benzene rings is 2. The molecule has 1 fully saturated rings. The maximum atomic E-state index is 13.3. The molecule has 3 atom stereocenters. The maximum Gasteiger partial charge on any atom is 0.274 e. The van der Waals surface area contributed by atoms with Gasteiger partial charge in [0.25, 0.3) is 11.6 Å². The zero-order chi connectivity index (χ0) is 20.7. The van der Waals surface area contributed by atoms with Gasteiger partial charge in [-0.1, -0.05) is 42.5 Å². The molecule has 2 aliphatic heterocycles. The minimum atomic E-state index is -0.311. The van der Waals surface area contributed by atoms with Gasteiger partial charge in [0.2, 0.25) is 0 Å². The summed E-state index contributed by atoms with van der Waals surface area (Å²) in [4.78, 5) is 26.7. The number of nitrogens with one attached hydrogen (secondary N) is 1.